The summed E-state index contributed by atoms with van der Waals surface area (Å²) in [5, 5.41) is 10.8. The maximum Gasteiger partial charge on any atom is 0.227 e. The molecule has 1 N–H and O–H groups in total. The third-order valence-electron chi connectivity index (χ3n) is 6.17. The Balaban J connectivity index is 1.37. The number of halogens is 1. The van der Waals surface area contributed by atoms with Crippen molar-refractivity contribution < 1.29 is 19.0 Å². The minimum Gasteiger partial charge on any atom is -0.491 e. The van der Waals surface area contributed by atoms with Gasteiger partial charge in [0.25, 0.3) is 0 Å². The summed E-state index contributed by atoms with van der Waals surface area (Å²) >= 11 is 0. The van der Waals surface area contributed by atoms with Crippen molar-refractivity contribution >= 4 is 22.6 Å². The molecule has 1 fully saturated rings. The quantitative estimate of drug-likeness (QED) is 0.444. The predicted molar refractivity (Wildman–Crippen MR) is 129 cm³/mol. The predicted octanol–water partition coefficient (Wildman–Crippen LogP) is 4.44. The van der Waals surface area contributed by atoms with E-state index in [4.69, 9.17) is 9.72 Å². The van der Waals surface area contributed by atoms with Crippen molar-refractivity contribution in [3.63, 3.8) is 0 Å². The second-order valence-corrected chi connectivity index (χ2v) is 8.73. The van der Waals surface area contributed by atoms with Gasteiger partial charge in [0, 0.05) is 24.6 Å². The molecule has 0 spiro atoms. The summed E-state index contributed by atoms with van der Waals surface area (Å²) in [5.74, 6) is 0.953. The Morgan fingerprint density at radius 2 is 1.82 bits per heavy atom. The first-order chi connectivity index (χ1) is 16.5. The van der Waals surface area contributed by atoms with Crippen molar-refractivity contribution in [1.29, 1.82) is 0 Å². The molecule has 0 saturated carbocycles. The van der Waals surface area contributed by atoms with Crippen LogP contribution in [0.15, 0.2) is 72.8 Å². The fourth-order valence-corrected chi connectivity index (χ4v) is 4.44. The Morgan fingerprint density at radius 3 is 2.59 bits per heavy atom. The molecule has 0 radical (unpaired) electrons. The average molecular weight is 460 g/mol. The van der Waals surface area contributed by atoms with Gasteiger partial charge in [-0.15, -0.1) is 0 Å². The van der Waals surface area contributed by atoms with Gasteiger partial charge in [0.15, 0.2) is 0 Å². The van der Waals surface area contributed by atoms with Gasteiger partial charge in [-0.2, -0.15) is 0 Å². The van der Waals surface area contributed by atoms with Gasteiger partial charge < -0.3 is 19.3 Å². The van der Waals surface area contributed by atoms with Crippen LogP contribution in [0.4, 0.5) is 10.1 Å². The van der Waals surface area contributed by atoms with E-state index >= 15 is 0 Å². The highest BCUT2D eigenvalue weighted by atomic mass is 19.1. The Kier molecular flexibility index (Phi) is 6.02. The topological polar surface area (TPSA) is 67.6 Å². The van der Waals surface area contributed by atoms with Crippen molar-refractivity contribution in [3.05, 3.63) is 90.0 Å². The molecular formula is C27H26FN3O3. The zero-order valence-corrected chi connectivity index (χ0v) is 18.9. The number of hydrogen-bond donors (Lipinski definition) is 1. The Bertz CT molecular complexity index is 1300. The number of hydrogen-bond acceptors (Lipinski definition) is 4. The van der Waals surface area contributed by atoms with E-state index < -0.39 is 6.10 Å². The second-order valence-electron chi connectivity index (χ2n) is 8.73. The first kappa shape index (κ1) is 22.1. The SMILES string of the molecule is Cc1ccc(OC[C@@H](O)Cn2c([C@@H]3CC(=O)N(c4ccc(F)cc4)C3)nc3ccccc32)cc1. The number of nitrogens with zero attached hydrogens (tertiary/aromatic N) is 3. The van der Waals surface area contributed by atoms with E-state index in [2.05, 4.69) is 0 Å². The van der Waals surface area contributed by atoms with Crippen molar-refractivity contribution in [3.8, 4) is 5.75 Å². The fraction of sp³-hybridized carbons (Fsp3) is 0.259. The molecule has 0 unspecified atom stereocenters. The summed E-state index contributed by atoms with van der Waals surface area (Å²) < 4.78 is 21.1. The molecular weight excluding hydrogens is 433 g/mol. The number of fused-ring (bicyclic) bond motifs is 1. The van der Waals surface area contributed by atoms with E-state index in [0.29, 0.717) is 30.9 Å². The zero-order valence-electron chi connectivity index (χ0n) is 18.9. The van der Waals surface area contributed by atoms with Crippen molar-refractivity contribution in [2.24, 2.45) is 0 Å². The lowest BCUT2D eigenvalue weighted by Gasteiger charge is -2.19. The van der Waals surface area contributed by atoms with Crippen LogP contribution in [-0.2, 0) is 11.3 Å². The van der Waals surface area contributed by atoms with Crippen molar-refractivity contribution in [1.82, 2.24) is 9.55 Å². The number of anilines is 1. The number of para-hydroxylation sites is 2. The van der Waals surface area contributed by atoms with E-state index in [-0.39, 0.29) is 24.2 Å². The number of aromatic nitrogens is 2. The molecule has 1 aromatic heterocycles. The van der Waals surface area contributed by atoms with Gasteiger partial charge in [-0.05, 0) is 55.5 Å². The second kappa shape index (κ2) is 9.27. The molecule has 5 rings (SSSR count). The Hall–Kier alpha value is -3.71. The van der Waals surface area contributed by atoms with Crippen LogP contribution >= 0.6 is 0 Å². The molecule has 7 heteroatoms. The molecule has 1 aliphatic rings. The largest absolute Gasteiger partial charge is 0.491 e. The lowest BCUT2D eigenvalue weighted by Crippen LogP contribution is -2.26. The van der Waals surface area contributed by atoms with Crippen LogP contribution in [0.1, 0.15) is 23.7 Å². The highest BCUT2D eigenvalue weighted by Gasteiger charge is 2.35. The molecule has 174 valence electrons. The van der Waals surface area contributed by atoms with E-state index in [1.54, 1.807) is 17.0 Å². The summed E-state index contributed by atoms with van der Waals surface area (Å²) in [5.41, 5.74) is 3.53. The molecule has 4 aromatic rings. The highest BCUT2D eigenvalue weighted by molar-refractivity contribution is 5.96. The summed E-state index contributed by atoms with van der Waals surface area (Å²) in [6.45, 7) is 2.89. The lowest BCUT2D eigenvalue weighted by atomic mass is 10.1. The van der Waals surface area contributed by atoms with Crippen LogP contribution in [-0.4, -0.2) is 39.8 Å². The van der Waals surface area contributed by atoms with Crippen LogP contribution in [0.2, 0.25) is 0 Å². The van der Waals surface area contributed by atoms with Gasteiger partial charge in [-0.25, -0.2) is 9.37 Å². The Morgan fingerprint density at radius 1 is 1.09 bits per heavy atom. The number of amides is 1. The van der Waals surface area contributed by atoms with Gasteiger partial charge in [0.1, 0.15) is 30.1 Å². The van der Waals surface area contributed by atoms with Crippen LogP contribution in [0.5, 0.6) is 5.75 Å². The van der Waals surface area contributed by atoms with Gasteiger partial charge >= 0.3 is 0 Å². The maximum absolute atomic E-state index is 13.3. The summed E-state index contributed by atoms with van der Waals surface area (Å²) in [6, 6.07) is 21.4. The Labute approximate surface area is 197 Å². The van der Waals surface area contributed by atoms with Crippen LogP contribution in [0.3, 0.4) is 0 Å². The normalized spacial score (nSPS) is 16.9. The minimum atomic E-state index is -0.761. The summed E-state index contributed by atoms with van der Waals surface area (Å²) in [7, 11) is 0. The number of aliphatic hydroxyl groups excluding tert-OH is 1. The number of carbonyl (C=O) groups is 1. The van der Waals surface area contributed by atoms with Gasteiger partial charge in [-0.3, -0.25) is 4.79 Å². The number of rotatable bonds is 7. The zero-order chi connectivity index (χ0) is 23.7. The van der Waals surface area contributed by atoms with Crippen LogP contribution in [0, 0.1) is 12.7 Å². The highest BCUT2D eigenvalue weighted by Crippen LogP contribution is 2.33. The van der Waals surface area contributed by atoms with Crippen LogP contribution in [0.25, 0.3) is 11.0 Å². The average Bonchev–Trinajstić information content (AvgIpc) is 3.40. The van der Waals surface area contributed by atoms with E-state index in [1.165, 1.54) is 12.1 Å². The summed E-state index contributed by atoms with van der Waals surface area (Å²) in [4.78, 5) is 19.3. The van der Waals surface area contributed by atoms with Gasteiger partial charge in [-0.1, -0.05) is 29.8 Å². The molecule has 1 aliphatic heterocycles. The van der Waals surface area contributed by atoms with Gasteiger partial charge in [0.2, 0.25) is 5.91 Å². The third kappa shape index (κ3) is 4.52. The van der Waals surface area contributed by atoms with Crippen molar-refractivity contribution in [2.45, 2.75) is 31.9 Å². The molecule has 2 atom stereocenters. The summed E-state index contributed by atoms with van der Waals surface area (Å²) in [6.07, 6.45) is -0.459. The minimum absolute atomic E-state index is 0.0292. The monoisotopic (exact) mass is 459 g/mol. The fourth-order valence-electron chi connectivity index (χ4n) is 4.44. The maximum atomic E-state index is 13.3. The van der Waals surface area contributed by atoms with E-state index in [1.807, 2.05) is 60.0 Å². The number of benzene rings is 3. The van der Waals surface area contributed by atoms with Crippen molar-refractivity contribution in [2.75, 3.05) is 18.1 Å². The third-order valence-corrected chi connectivity index (χ3v) is 6.17. The molecule has 0 aliphatic carbocycles. The number of carbonyl (C=O) groups excluding carboxylic acids is 1. The molecule has 1 amide bonds. The first-order valence-electron chi connectivity index (χ1n) is 11.4. The standard InChI is InChI=1S/C27H26FN3O3/c1-18-6-12-23(13-7-18)34-17-22(32)16-31-25-5-3-2-4-24(25)29-27(31)19-14-26(33)30(15-19)21-10-8-20(28)9-11-21/h2-13,19,22,32H,14-17H2,1H3/t19-,22+/m1/s1. The molecule has 3 aromatic carbocycles. The van der Waals surface area contributed by atoms with Gasteiger partial charge in [0.05, 0.1) is 17.6 Å². The number of aryl methyl sites for hydroxylation is 1. The number of ether oxygens (including phenoxy) is 1. The molecule has 2 heterocycles. The first-order valence-corrected chi connectivity index (χ1v) is 11.4. The molecule has 1 saturated heterocycles. The molecule has 34 heavy (non-hydrogen) atoms. The van der Waals surface area contributed by atoms with Crippen LogP contribution < -0.4 is 9.64 Å². The van der Waals surface area contributed by atoms with E-state index in [9.17, 15) is 14.3 Å². The smallest absolute Gasteiger partial charge is 0.227 e. The molecule has 0 bridgehead atoms. The lowest BCUT2D eigenvalue weighted by molar-refractivity contribution is -0.117. The number of imidazole rings is 1. The number of aliphatic hydroxyl groups is 1. The van der Waals surface area contributed by atoms with E-state index in [0.717, 1.165) is 22.4 Å². The molecule has 6 nitrogen and oxygen atoms in total.